The van der Waals surface area contributed by atoms with Gasteiger partial charge in [0.05, 0.1) is 0 Å². The first-order valence-electron chi connectivity index (χ1n) is 26.4. The van der Waals surface area contributed by atoms with Crippen molar-refractivity contribution in [2.75, 3.05) is 13.2 Å². The average Bonchev–Trinajstić information content (AvgIpc) is 3.28. The molecule has 0 aliphatic carbocycles. The van der Waals surface area contributed by atoms with Gasteiger partial charge >= 0.3 is 17.9 Å². The van der Waals surface area contributed by atoms with Gasteiger partial charge in [0.2, 0.25) is 0 Å². The number of carbonyl (C=O) groups excluding carboxylic acids is 3. The third kappa shape index (κ3) is 49.7. The third-order valence-corrected chi connectivity index (χ3v) is 11.2. The molecule has 0 saturated heterocycles. The molecule has 0 aromatic rings. The second-order valence-electron chi connectivity index (χ2n) is 17.4. The van der Waals surface area contributed by atoms with Gasteiger partial charge in [0.15, 0.2) is 6.10 Å². The monoisotopic (exact) mass is 879 g/mol. The first-order valence-corrected chi connectivity index (χ1v) is 26.4. The second kappa shape index (κ2) is 51.5. The summed E-state index contributed by atoms with van der Waals surface area (Å²) in [4.78, 5) is 38.0. The van der Waals surface area contributed by atoms with Crippen molar-refractivity contribution < 1.29 is 28.6 Å². The topological polar surface area (TPSA) is 78.9 Å². The number of carbonyl (C=O) groups is 3. The van der Waals surface area contributed by atoms with Crippen LogP contribution in [0.5, 0.6) is 0 Å². The Morgan fingerprint density at radius 3 is 1.00 bits per heavy atom. The van der Waals surface area contributed by atoms with Crippen molar-refractivity contribution >= 4 is 17.9 Å². The van der Waals surface area contributed by atoms with Gasteiger partial charge in [-0.05, 0) is 109 Å². The highest BCUT2D eigenvalue weighted by Crippen LogP contribution is 2.13. The highest BCUT2D eigenvalue weighted by molar-refractivity contribution is 5.71. The summed E-state index contributed by atoms with van der Waals surface area (Å²) < 4.78 is 16.7. The molecule has 6 nitrogen and oxygen atoms in total. The largest absolute Gasteiger partial charge is 0.462 e. The van der Waals surface area contributed by atoms with E-state index in [-0.39, 0.29) is 37.5 Å². The summed E-state index contributed by atoms with van der Waals surface area (Å²) in [7, 11) is 0. The van der Waals surface area contributed by atoms with E-state index in [0.717, 1.165) is 89.9 Å². The van der Waals surface area contributed by atoms with Crippen LogP contribution in [0.3, 0.4) is 0 Å². The van der Waals surface area contributed by atoms with E-state index in [1.165, 1.54) is 116 Å². The summed E-state index contributed by atoms with van der Waals surface area (Å²) in [5.41, 5.74) is 0. The van der Waals surface area contributed by atoms with Crippen molar-refractivity contribution in [1.29, 1.82) is 0 Å². The molecule has 0 N–H and O–H groups in total. The van der Waals surface area contributed by atoms with E-state index in [2.05, 4.69) is 93.7 Å². The van der Waals surface area contributed by atoms with Crippen LogP contribution in [0.4, 0.5) is 0 Å². The molecule has 0 amide bonds. The molecule has 0 heterocycles. The van der Waals surface area contributed by atoms with Crippen LogP contribution in [-0.2, 0) is 28.6 Å². The van der Waals surface area contributed by atoms with Crippen molar-refractivity contribution in [3.05, 3.63) is 72.9 Å². The van der Waals surface area contributed by atoms with Gasteiger partial charge in [-0.1, -0.05) is 196 Å². The lowest BCUT2D eigenvalue weighted by atomic mass is 10.1. The number of rotatable bonds is 47. The Hall–Kier alpha value is -3.15. The third-order valence-electron chi connectivity index (χ3n) is 11.2. The Kier molecular flexibility index (Phi) is 48.9. The number of allylic oxidation sites excluding steroid dienone is 12. The van der Waals surface area contributed by atoms with Crippen molar-refractivity contribution in [2.45, 2.75) is 258 Å². The van der Waals surface area contributed by atoms with Gasteiger partial charge in [0.1, 0.15) is 13.2 Å². The van der Waals surface area contributed by atoms with Crippen molar-refractivity contribution in [1.82, 2.24) is 0 Å². The van der Waals surface area contributed by atoms with Crippen LogP contribution in [0.15, 0.2) is 72.9 Å². The molecular weight excluding hydrogens is 781 g/mol. The van der Waals surface area contributed by atoms with Crippen LogP contribution in [0.2, 0.25) is 0 Å². The fourth-order valence-corrected chi connectivity index (χ4v) is 7.13. The Bertz CT molecular complexity index is 1190. The molecule has 0 radical (unpaired) electrons. The Labute approximate surface area is 389 Å². The molecule has 6 heteroatoms. The fraction of sp³-hybridized carbons (Fsp3) is 0.737. The normalized spacial score (nSPS) is 12.6. The summed E-state index contributed by atoms with van der Waals surface area (Å²) in [6, 6.07) is 0. The minimum absolute atomic E-state index is 0.100. The van der Waals surface area contributed by atoms with Crippen LogP contribution < -0.4 is 0 Å². The molecule has 0 fully saturated rings. The molecule has 0 aromatic heterocycles. The Morgan fingerprint density at radius 2 is 0.587 bits per heavy atom. The van der Waals surface area contributed by atoms with Gasteiger partial charge in [0, 0.05) is 19.3 Å². The Balaban J connectivity index is 4.48. The van der Waals surface area contributed by atoms with Gasteiger partial charge in [-0.25, -0.2) is 0 Å². The smallest absolute Gasteiger partial charge is 0.306 e. The van der Waals surface area contributed by atoms with Gasteiger partial charge < -0.3 is 14.2 Å². The standard InChI is InChI=1S/C57H98O6/c1-4-7-10-13-16-19-22-25-27-29-31-32-35-38-41-44-47-50-56(59)62-53-54(52-61-55(58)49-46-43-40-37-34-24-21-18-15-12-9-6-3)63-57(60)51-48-45-42-39-36-33-30-28-26-23-20-17-14-11-8-5-2/h16,18-19,21,25,27-28,30-32,38,41,54H,4-15,17,20,22-24,26,29,33-37,39-40,42-53H2,1-3H3/b19-16-,21-18-,27-25-,30-28-,32-31-,41-38-. The quantitative estimate of drug-likeness (QED) is 0.0262. The maximum atomic E-state index is 12.8. The Morgan fingerprint density at radius 1 is 0.317 bits per heavy atom. The molecule has 0 aromatic carbocycles. The molecule has 63 heavy (non-hydrogen) atoms. The number of ether oxygens (including phenoxy) is 3. The van der Waals surface area contributed by atoms with E-state index in [9.17, 15) is 14.4 Å². The molecule has 0 bridgehead atoms. The second-order valence-corrected chi connectivity index (χ2v) is 17.4. The molecule has 362 valence electrons. The minimum atomic E-state index is -0.804. The summed E-state index contributed by atoms with van der Waals surface area (Å²) in [5.74, 6) is -0.973. The van der Waals surface area contributed by atoms with E-state index in [0.29, 0.717) is 19.3 Å². The molecule has 0 rings (SSSR count). The zero-order valence-corrected chi connectivity index (χ0v) is 41.3. The van der Waals surface area contributed by atoms with Crippen molar-refractivity contribution in [2.24, 2.45) is 0 Å². The SMILES string of the molecule is CCCCC/C=C\C/C=C\C/C=C\C/C=C\CCCC(=O)OCC(COC(=O)CCCCCCC/C=C\CCCCC)OC(=O)CCCCCCC/C=C\CCCCCCCCC. The van der Waals surface area contributed by atoms with Crippen molar-refractivity contribution in [3.8, 4) is 0 Å². The summed E-state index contributed by atoms with van der Waals surface area (Å²) in [6.07, 6.45) is 64.6. The van der Waals surface area contributed by atoms with Crippen LogP contribution >= 0.6 is 0 Å². The van der Waals surface area contributed by atoms with Crippen LogP contribution in [0.1, 0.15) is 252 Å². The zero-order valence-electron chi connectivity index (χ0n) is 41.3. The number of hydrogen-bond donors (Lipinski definition) is 0. The average molecular weight is 879 g/mol. The molecular formula is C57H98O6. The number of esters is 3. The zero-order chi connectivity index (χ0) is 45.8. The predicted molar refractivity (Wildman–Crippen MR) is 270 cm³/mol. The summed E-state index contributed by atoms with van der Waals surface area (Å²) in [5, 5.41) is 0. The van der Waals surface area contributed by atoms with Gasteiger partial charge in [-0.15, -0.1) is 0 Å². The van der Waals surface area contributed by atoms with E-state index >= 15 is 0 Å². The highest BCUT2D eigenvalue weighted by atomic mass is 16.6. The van der Waals surface area contributed by atoms with E-state index < -0.39 is 6.10 Å². The highest BCUT2D eigenvalue weighted by Gasteiger charge is 2.19. The lowest BCUT2D eigenvalue weighted by molar-refractivity contribution is -0.167. The lowest BCUT2D eigenvalue weighted by Gasteiger charge is -2.18. The summed E-state index contributed by atoms with van der Waals surface area (Å²) >= 11 is 0. The van der Waals surface area contributed by atoms with E-state index in [1.807, 2.05) is 0 Å². The molecule has 0 spiro atoms. The fourth-order valence-electron chi connectivity index (χ4n) is 7.13. The van der Waals surface area contributed by atoms with Gasteiger partial charge in [-0.3, -0.25) is 14.4 Å². The molecule has 0 aliphatic heterocycles. The minimum Gasteiger partial charge on any atom is -0.462 e. The first-order chi connectivity index (χ1) is 31.0. The van der Waals surface area contributed by atoms with Crippen LogP contribution in [0, 0.1) is 0 Å². The summed E-state index contributed by atoms with van der Waals surface area (Å²) in [6.45, 7) is 6.52. The molecule has 1 atom stereocenters. The number of hydrogen-bond acceptors (Lipinski definition) is 6. The van der Waals surface area contributed by atoms with E-state index in [4.69, 9.17) is 14.2 Å². The maximum Gasteiger partial charge on any atom is 0.306 e. The lowest BCUT2D eigenvalue weighted by Crippen LogP contribution is -2.30. The van der Waals surface area contributed by atoms with Crippen LogP contribution in [-0.4, -0.2) is 37.2 Å². The molecule has 0 saturated carbocycles. The van der Waals surface area contributed by atoms with Crippen LogP contribution in [0.25, 0.3) is 0 Å². The maximum absolute atomic E-state index is 12.8. The van der Waals surface area contributed by atoms with E-state index in [1.54, 1.807) is 0 Å². The van der Waals surface area contributed by atoms with Gasteiger partial charge in [0.25, 0.3) is 0 Å². The molecule has 0 aliphatic rings. The number of unbranched alkanes of at least 4 members (excludes halogenated alkanes) is 24. The predicted octanol–water partition coefficient (Wildman–Crippen LogP) is 17.4. The molecule has 1 unspecified atom stereocenters. The first kappa shape index (κ1) is 59.9. The van der Waals surface area contributed by atoms with Crippen molar-refractivity contribution in [3.63, 3.8) is 0 Å². The van der Waals surface area contributed by atoms with Gasteiger partial charge in [-0.2, -0.15) is 0 Å².